The van der Waals surface area contributed by atoms with Crippen LogP contribution in [0.25, 0.3) is 0 Å². The number of unbranched alkanes of at least 4 members (excludes halogenated alkanes) is 9. The Morgan fingerprint density at radius 2 is 0.959 bits per heavy atom. The molecule has 2 unspecified atom stereocenters. The Labute approximate surface area is 301 Å². The fourth-order valence-corrected chi connectivity index (χ4v) is 10.5. The third-order valence-electron chi connectivity index (χ3n) is 9.24. The van der Waals surface area contributed by atoms with Crippen molar-refractivity contribution >= 4 is 38.7 Å². The summed E-state index contributed by atoms with van der Waals surface area (Å²) in [6, 6.07) is 31.8. The van der Waals surface area contributed by atoms with Crippen LogP contribution in [-0.2, 0) is 13.6 Å². The monoisotopic (exact) mass is 705 g/mol. The lowest BCUT2D eigenvalue weighted by atomic mass is 9.99. The molecule has 0 bridgehead atoms. The topological polar surface area (TPSA) is 59.0 Å². The molecule has 0 saturated heterocycles. The van der Waals surface area contributed by atoms with E-state index in [9.17, 15) is 4.79 Å². The second-order valence-electron chi connectivity index (χ2n) is 14.6. The Bertz CT molecular complexity index is 1260. The van der Waals surface area contributed by atoms with Crippen LogP contribution >= 0.6 is 0 Å². The zero-order chi connectivity index (χ0) is 36.0. The minimum absolute atomic E-state index is 0.0621. The molecule has 0 saturated carbocycles. The highest BCUT2D eigenvalue weighted by Gasteiger charge is 2.37. The van der Waals surface area contributed by atoms with Gasteiger partial charge < -0.3 is 18.9 Å². The number of rotatable bonds is 23. The summed E-state index contributed by atoms with van der Waals surface area (Å²) >= 11 is 0. The number of carbonyl (C=O) groups is 1. The molecule has 49 heavy (non-hydrogen) atoms. The van der Waals surface area contributed by atoms with Gasteiger partial charge in [-0.05, 0) is 68.0 Å². The van der Waals surface area contributed by atoms with Gasteiger partial charge in [-0.25, -0.2) is 0 Å². The van der Waals surface area contributed by atoms with Gasteiger partial charge in [0.25, 0.3) is 0 Å². The third kappa shape index (κ3) is 17.7. The molecule has 2 atom stereocenters. The van der Waals surface area contributed by atoms with Crippen LogP contribution in [0.3, 0.4) is 0 Å². The molecule has 7 heteroatoms. The molecule has 0 aromatic heterocycles. The van der Waals surface area contributed by atoms with Crippen molar-refractivity contribution in [2.45, 2.75) is 135 Å². The quantitative estimate of drug-likeness (QED) is 0.0786. The third-order valence-corrected chi connectivity index (χ3v) is 14.5. The van der Waals surface area contributed by atoms with Gasteiger partial charge in [0.1, 0.15) is 0 Å². The van der Waals surface area contributed by atoms with Crippen LogP contribution in [0.2, 0.25) is 26.2 Å². The molecule has 0 aliphatic heterocycles. The highest BCUT2D eigenvalue weighted by atomic mass is 28.4. The second-order valence-corrected chi connectivity index (χ2v) is 22.2. The molecular weight excluding hydrogens is 639 g/mol. The average molecular weight is 706 g/mol. The number of carboxylic acids is 1. The van der Waals surface area contributed by atoms with E-state index in [1.165, 1.54) is 54.6 Å². The van der Waals surface area contributed by atoms with Crippen LogP contribution in [0.15, 0.2) is 91.0 Å². The van der Waals surface area contributed by atoms with Gasteiger partial charge in [-0.1, -0.05) is 150 Å². The van der Waals surface area contributed by atoms with Gasteiger partial charge in [0.15, 0.2) is 0 Å². The molecule has 3 rings (SSSR count). The fourth-order valence-electron chi connectivity index (χ4n) is 6.22. The van der Waals surface area contributed by atoms with Crippen molar-refractivity contribution in [1.29, 1.82) is 0 Å². The normalized spacial score (nSPS) is 12.9. The standard InChI is InChI=1S/C34H56O4Si2.C8H11N/c1-6-7-8-9-11-20-27-32(37-39(2,3)30-23-16-14-17-24-30)33(28-21-12-10-13-22-29-34(35)36)38-40(4,5)31-25-18-15-19-26-31;1-9(2)8-6-4-3-5-7-8/h14-19,23-26,32-33H,6-13,20-22,27-29H2,1-5H3,(H,35,36);3-7H,1-2H3. The van der Waals surface area contributed by atoms with Gasteiger partial charge in [-0.3, -0.25) is 4.79 Å². The lowest BCUT2D eigenvalue weighted by Gasteiger charge is -2.39. The molecule has 0 fully saturated rings. The zero-order valence-corrected chi connectivity index (χ0v) is 33.8. The van der Waals surface area contributed by atoms with Crippen molar-refractivity contribution in [3.8, 4) is 0 Å². The number of benzene rings is 3. The molecule has 5 nitrogen and oxygen atoms in total. The lowest BCUT2D eigenvalue weighted by Crippen LogP contribution is -2.54. The van der Waals surface area contributed by atoms with Crippen molar-refractivity contribution in [3.63, 3.8) is 0 Å². The SMILES string of the molecule is CCCCCCCCC(O[Si](C)(C)c1ccccc1)C(CCCCCCCC(=O)O)O[Si](C)(C)c1ccccc1.CN(C)c1ccccc1. The van der Waals surface area contributed by atoms with E-state index >= 15 is 0 Å². The molecule has 0 heterocycles. The summed E-state index contributed by atoms with van der Waals surface area (Å²) in [4.78, 5) is 12.9. The number of carboxylic acid groups (broad SMARTS) is 1. The summed E-state index contributed by atoms with van der Waals surface area (Å²) in [6.45, 7) is 11.6. The summed E-state index contributed by atoms with van der Waals surface area (Å²) in [5.41, 5.74) is 1.25. The first kappa shape index (κ1) is 42.5. The summed E-state index contributed by atoms with van der Waals surface area (Å²) in [5.74, 6) is -0.693. The maximum Gasteiger partial charge on any atom is 0.303 e. The van der Waals surface area contributed by atoms with Crippen LogP contribution < -0.4 is 15.3 Å². The Hall–Kier alpha value is -2.72. The van der Waals surface area contributed by atoms with Gasteiger partial charge in [0.2, 0.25) is 16.6 Å². The van der Waals surface area contributed by atoms with Crippen molar-refractivity contribution in [2.75, 3.05) is 19.0 Å². The van der Waals surface area contributed by atoms with Crippen LogP contribution in [0.4, 0.5) is 5.69 Å². The molecule has 0 aliphatic rings. The van der Waals surface area contributed by atoms with E-state index in [0.717, 1.165) is 44.9 Å². The van der Waals surface area contributed by atoms with E-state index in [1.54, 1.807) is 0 Å². The van der Waals surface area contributed by atoms with E-state index < -0.39 is 22.6 Å². The average Bonchev–Trinajstić information content (AvgIpc) is 3.09. The van der Waals surface area contributed by atoms with Gasteiger partial charge in [0.05, 0.1) is 12.2 Å². The van der Waals surface area contributed by atoms with E-state index in [-0.39, 0.29) is 18.6 Å². The summed E-state index contributed by atoms with van der Waals surface area (Å²) < 4.78 is 14.4. The van der Waals surface area contributed by atoms with Crippen molar-refractivity contribution in [3.05, 3.63) is 91.0 Å². The molecule has 3 aromatic rings. The Morgan fingerprint density at radius 3 is 1.33 bits per heavy atom. The molecule has 1 N–H and O–H groups in total. The Kier molecular flexibility index (Phi) is 20.5. The minimum atomic E-state index is -2.15. The van der Waals surface area contributed by atoms with Crippen LogP contribution in [0.1, 0.15) is 96.8 Å². The smallest absolute Gasteiger partial charge is 0.303 e. The number of hydrogen-bond acceptors (Lipinski definition) is 4. The highest BCUT2D eigenvalue weighted by molar-refractivity contribution is 6.85. The van der Waals surface area contributed by atoms with Crippen LogP contribution in [0.5, 0.6) is 0 Å². The first-order valence-corrected chi connectivity index (χ1v) is 24.7. The summed E-state index contributed by atoms with van der Waals surface area (Å²) in [6.07, 6.45) is 15.1. The first-order valence-electron chi connectivity index (χ1n) is 18.9. The molecule has 0 aliphatic carbocycles. The number of para-hydroxylation sites is 1. The zero-order valence-electron chi connectivity index (χ0n) is 31.8. The maximum atomic E-state index is 10.9. The van der Waals surface area contributed by atoms with Crippen molar-refractivity contribution in [1.82, 2.24) is 0 Å². The summed E-state index contributed by atoms with van der Waals surface area (Å²) in [5, 5.41) is 11.6. The van der Waals surface area contributed by atoms with E-state index in [1.807, 2.05) is 32.3 Å². The highest BCUT2D eigenvalue weighted by Crippen LogP contribution is 2.26. The number of nitrogens with zero attached hydrogens (tertiary/aromatic N) is 1. The lowest BCUT2D eigenvalue weighted by molar-refractivity contribution is -0.137. The Balaban J connectivity index is 0.000000797. The molecule has 0 radical (unpaired) electrons. The molecule has 0 spiro atoms. The molecule has 3 aromatic carbocycles. The second kappa shape index (κ2) is 23.6. The van der Waals surface area contributed by atoms with E-state index in [4.69, 9.17) is 14.0 Å². The predicted molar refractivity (Wildman–Crippen MR) is 216 cm³/mol. The number of anilines is 1. The fraction of sp³-hybridized carbons (Fsp3) is 0.548. The van der Waals surface area contributed by atoms with Crippen molar-refractivity contribution < 1.29 is 18.8 Å². The van der Waals surface area contributed by atoms with E-state index in [0.29, 0.717) is 0 Å². The van der Waals surface area contributed by atoms with Gasteiger partial charge >= 0.3 is 5.97 Å². The minimum Gasteiger partial charge on any atom is -0.481 e. The summed E-state index contributed by atoms with van der Waals surface area (Å²) in [7, 11) is -0.212. The first-order chi connectivity index (χ1) is 23.5. The number of aliphatic carboxylic acids is 1. The molecular formula is C42H67NO4Si2. The van der Waals surface area contributed by atoms with Gasteiger partial charge in [0, 0.05) is 26.2 Å². The van der Waals surface area contributed by atoms with Crippen LogP contribution in [0, 0.1) is 0 Å². The van der Waals surface area contributed by atoms with Gasteiger partial charge in [-0.15, -0.1) is 0 Å². The largest absolute Gasteiger partial charge is 0.481 e. The maximum absolute atomic E-state index is 10.9. The van der Waals surface area contributed by atoms with Gasteiger partial charge in [-0.2, -0.15) is 0 Å². The molecule has 272 valence electrons. The predicted octanol–water partition coefficient (Wildman–Crippen LogP) is 10.3. The van der Waals surface area contributed by atoms with E-state index in [2.05, 4.69) is 111 Å². The molecule has 0 amide bonds. The van der Waals surface area contributed by atoms with Crippen LogP contribution in [-0.4, -0.2) is 54.0 Å². The van der Waals surface area contributed by atoms with Crippen molar-refractivity contribution in [2.24, 2.45) is 0 Å². The Morgan fingerprint density at radius 1 is 0.592 bits per heavy atom. The number of hydrogen-bond donors (Lipinski definition) is 1.